The number of carbonyl (C=O) groups is 2. The molecule has 0 aliphatic heterocycles. The summed E-state index contributed by atoms with van der Waals surface area (Å²) in [5.41, 5.74) is 3.70. The van der Waals surface area contributed by atoms with E-state index < -0.39 is 21.7 Å². The number of carbonyl (C=O) groups excluding carboxylic acids is 2. The molecule has 1 aromatic heterocycles. The van der Waals surface area contributed by atoms with Crippen LogP contribution in [0.2, 0.25) is 0 Å². The fraction of sp³-hybridized carbons (Fsp3) is 0.348. The molecular weight excluding hydrogens is 448 g/mol. The molecule has 0 N–H and O–H groups in total. The third-order valence-corrected chi connectivity index (χ3v) is 7.83. The Morgan fingerprint density at radius 1 is 1.09 bits per heavy atom. The summed E-state index contributed by atoms with van der Waals surface area (Å²) in [4.78, 5) is 29.0. The van der Waals surface area contributed by atoms with Gasteiger partial charge in [0.15, 0.2) is 14.6 Å². The number of aryl methyl sites for hydroxylation is 2. The average Bonchev–Trinajstić information content (AvgIpc) is 3.04. The number of nitrogens with zero attached hydrogens (tertiary/aromatic N) is 2. The van der Waals surface area contributed by atoms with Crippen LogP contribution in [-0.2, 0) is 36.5 Å². The lowest BCUT2D eigenvalue weighted by atomic mass is 10.1. The first-order valence-electron chi connectivity index (χ1n) is 10.2. The lowest BCUT2D eigenvalue weighted by Crippen LogP contribution is -2.22. The zero-order valence-electron chi connectivity index (χ0n) is 18.3. The number of aromatic nitrogens is 1. The molecule has 0 saturated carbocycles. The first-order chi connectivity index (χ1) is 15.2. The lowest BCUT2D eigenvalue weighted by Gasteiger charge is -2.06. The number of hydrogen-bond acceptors (Lipinski definition) is 6. The second-order valence-corrected chi connectivity index (χ2v) is 10.8. The minimum Gasteiger partial charge on any atom is -0.468 e. The van der Waals surface area contributed by atoms with Crippen molar-refractivity contribution in [3.05, 3.63) is 64.0 Å². The van der Waals surface area contributed by atoms with Crippen LogP contribution in [0.15, 0.2) is 47.5 Å². The fourth-order valence-corrected chi connectivity index (χ4v) is 5.81. The van der Waals surface area contributed by atoms with Crippen LogP contribution in [0.25, 0.3) is 10.2 Å². The van der Waals surface area contributed by atoms with Crippen molar-refractivity contribution in [3.63, 3.8) is 0 Å². The fourth-order valence-electron chi connectivity index (χ4n) is 3.26. The van der Waals surface area contributed by atoms with Gasteiger partial charge in [-0.2, -0.15) is 4.99 Å². The van der Waals surface area contributed by atoms with Crippen LogP contribution < -0.4 is 4.80 Å². The molecule has 0 aliphatic rings. The zero-order chi connectivity index (χ0) is 23.3. The van der Waals surface area contributed by atoms with Crippen LogP contribution in [0.4, 0.5) is 0 Å². The summed E-state index contributed by atoms with van der Waals surface area (Å²) >= 11 is 1.32. The Bertz CT molecular complexity index is 1310. The number of benzene rings is 2. The van der Waals surface area contributed by atoms with Gasteiger partial charge >= 0.3 is 5.97 Å². The number of esters is 1. The monoisotopic (exact) mass is 474 g/mol. The highest BCUT2D eigenvalue weighted by atomic mass is 32.2. The SMILES string of the molecule is COC(=O)Cn1c(=NC(=O)CCCS(=O)(=O)Cc2ccccc2)sc2cc(C)c(C)cc21. The summed E-state index contributed by atoms with van der Waals surface area (Å²) in [5, 5.41) is 0. The Morgan fingerprint density at radius 2 is 1.78 bits per heavy atom. The molecule has 1 amide bonds. The van der Waals surface area contributed by atoms with E-state index in [9.17, 15) is 18.0 Å². The van der Waals surface area contributed by atoms with Crippen molar-refractivity contribution in [3.8, 4) is 0 Å². The maximum Gasteiger partial charge on any atom is 0.325 e. The quantitative estimate of drug-likeness (QED) is 0.467. The molecule has 0 saturated heterocycles. The summed E-state index contributed by atoms with van der Waals surface area (Å²) in [6.07, 6.45) is 0.205. The molecule has 0 aliphatic carbocycles. The molecular formula is C23H26N2O5S2. The van der Waals surface area contributed by atoms with E-state index in [0.29, 0.717) is 4.80 Å². The number of ether oxygens (including phenoxy) is 1. The van der Waals surface area contributed by atoms with Crippen LogP contribution in [-0.4, -0.2) is 37.7 Å². The molecule has 0 unspecified atom stereocenters. The highest BCUT2D eigenvalue weighted by Crippen LogP contribution is 2.22. The first-order valence-corrected chi connectivity index (χ1v) is 12.8. The second-order valence-electron chi connectivity index (χ2n) is 7.64. The van der Waals surface area contributed by atoms with Gasteiger partial charge in [-0.05, 0) is 49.1 Å². The Labute approximate surface area is 191 Å². The van der Waals surface area contributed by atoms with E-state index in [1.54, 1.807) is 28.8 Å². The molecule has 7 nitrogen and oxygen atoms in total. The predicted molar refractivity (Wildman–Crippen MR) is 125 cm³/mol. The van der Waals surface area contributed by atoms with Crippen molar-refractivity contribution in [2.24, 2.45) is 4.99 Å². The summed E-state index contributed by atoms with van der Waals surface area (Å²) in [5.74, 6) is -0.994. The minimum absolute atomic E-state index is 0.0124. The van der Waals surface area contributed by atoms with E-state index in [0.717, 1.165) is 26.9 Å². The first kappa shape index (κ1) is 23.9. The van der Waals surface area contributed by atoms with Crippen LogP contribution >= 0.6 is 11.3 Å². The number of thiazole rings is 1. The van der Waals surface area contributed by atoms with Gasteiger partial charge in [0.25, 0.3) is 0 Å². The topological polar surface area (TPSA) is 94.8 Å². The van der Waals surface area contributed by atoms with Gasteiger partial charge in [-0.25, -0.2) is 8.42 Å². The van der Waals surface area contributed by atoms with Gasteiger partial charge in [-0.1, -0.05) is 41.7 Å². The smallest absolute Gasteiger partial charge is 0.325 e. The number of sulfone groups is 1. The molecule has 32 heavy (non-hydrogen) atoms. The van der Waals surface area contributed by atoms with Crippen molar-refractivity contribution in [2.45, 2.75) is 39.0 Å². The van der Waals surface area contributed by atoms with Gasteiger partial charge < -0.3 is 9.30 Å². The summed E-state index contributed by atoms with van der Waals surface area (Å²) in [7, 11) is -2.01. The molecule has 1 heterocycles. The van der Waals surface area contributed by atoms with Crippen LogP contribution in [0.5, 0.6) is 0 Å². The van der Waals surface area contributed by atoms with E-state index in [-0.39, 0.29) is 30.9 Å². The van der Waals surface area contributed by atoms with E-state index in [2.05, 4.69) is 4.99 Å². The molecule has 170 valence electrons. The molecule has 0 fully saturated rings. The van der Waals surface area contributed by atoms with Crippen LogP contribution in [0.3, 0.4) is 0 Å². The number of hydrogen-bond donors (Lipinski definition) is 0. The Kier molecular flexibility index (Phi) is 7.63. The summed E-state index contributed by atoms with van der Waals surface area (Å²) in [6, 6.07) is 12.9. The third kappa shape index (κ3) is 6.14. The maximum absolute atomic E-state index is 12.5. The maximum atomic E-state index is 12.5. The number of amides is 1. The molecule has 0 radical (unpaired) electrons. The zero-order valence-corrected chi connectivity index (χ0v) is 20.0. The standard InChI is InChI=1S/C23H26N2O5S2/c1-16-12-19-20(13-17(16)2)31-23(25(19)14-22(27)30-3)24-21(26)10-7-11-32(28,29)15-18-8-5-4-6-9-18/h4-6,8-9,12-13H,7,10-11,14-15H2,1-3H3. The van der Waals surface area contributed by atoms with Gasteiger partial charge in [-0.15, -0.1) is 0 Å². The molecule has 0 spiro atoms. The van der Waals surface area contributed by atoms with Crippen molar-refractivity contribution < 1.29 is 22.7 Å². The Balaban J connectivity index is 1.76. The summed E-state index contributed by atoms with van der Waals surface area (Å²) in [6.45, 7) is 3.92. The molecule has 9 heteroatoms. The molecule has 2 aromatic carbocycles. The summed E-state index contributed by atoms with van der Waals surface area (Å²) < 4.78 is 32.0. The molecule has 3 aromatic rings. The Morgan fingerprint density at radius 3 is 2.47 bits per heavy atom. The van der Waals surface area contributed by atoms with Crippen molar-refractivity contribution in [2.75, 3.05) is 12.9 Å². The van der Waals surface area contributed by atoms with Gasteiger partial charge in [-0.3, -0.25) is 9.59 Å². The van der Waals surface area contributed by atoms with Crippen molar-refractivity contribution in [1.82, 2.24) is 4.57 Å². The molecule has 0 bridgehead atoms. The van der Waals surface area contributed by atoms with Crippen LogP contribution in [0, 0.1) is 13.8 Å². The molecule has 3 rings (SSSR count). The predicted octanol–water partition coefficient (Wildman–Crippen LogP) is 3.32. The number of rotatable bonds is 8. The van der Waals surface area contributed by atoms with Gasteiger partial charge in [0.2, 0.25) is 5.91 Å². The van der Waals surface area contributed by atoms with Gasteiger partial charge in [0, 0.05) is 6.42 Å². The van der Waals surface area contributed by atoms with E-state index in [1.807, 2.05) is 32.0 Å². The van der Waals surface area contributed by atoms with Gasteiger partial charge in [0.1, 0.15) is 6.54 Å². The second kappa shape index (κ2) is 10.2. The minimum atomic E-state index is -3.32. The largest absolute Gasteiger partial charge is 0.468 e. The van der Waals surface area contributed by atoms with Crippen molar-refractivity contribution in [1.29, 1.82) is 0 Å². The van der Waals surface area contributed by atoms with E-state index in [4.69, 9.17) is 4.74 Å². The highest BCUT2D eigenvalue weighted by molar-refractivity contribution is 7.90. The van der Waals surface area contributed by atoms with E-state index >= 15 is 0 Å². The number of methoxy groups -OCH3 is 1. The average molecular weight is 475 g/mol. The lowest BCUT2D eigenvalue weighted by molar-refractivity contribution is -0.141. The number of fused-ring (bicyclic) bond motifs is 1. The van der Waals surface area contributed by atoms with Gasteiger partial charge in [0.05, 0.1) is 28.8 Å². The molecule has 0 atom stereocenters. The van der Waals surface area contributed by atoms with Crippen LogP contribution in [0.1, 0.15) is 29.5 Å². The van der Waals surface area contributed by atoms with Crippen molar-refractivity contribution >= 4 is 43.3 Å². The third-order valence-electron chi connectivity index (χ3n) is 5.11. The normalized spacial score (nSPS) is 12.3. The Hall–Kier alpha value is -2.78. The highest BCUT2D eigenvalue weighted by Gasteiger charge is 2.15. The van der Waals surface area contributed by atoms with E-state index in [1.165, 1.54) is 18.4 Å².